The Bertz CT molecular complexity index is 1090. The lowest BCUT2D eigenvalue weighted by Crippen LogP contribution is -2.66. The van der Waals surface area contributed by atoms with Crippen LogP contribution in [0.5, 0.6) is 0 Å². The molecule has 2 rings (SSSR count). The second-order valence-electron chi connectivity index (χ2n) is 12.7. The Labute approximate surface area is 285 Å². The summed E-state index contributed by atoms with van der Waals surface area (Å²) in [5, 5.41) is 5.92. The Morgan fingerprint density at radius 3 is 1.20 bits per heavy atom. The van der Waals surface area contributed by atoms with Crippen LogP contribution < -0.4 is 15.7 Å². The fourth-order valence-electron chi connectivity index (χ4n) is 5.87. The molecule has 0 amide bonds. The predicted molar refractivity (Wildman–Crippen MR) is 199 cm³/mol. The fourth-order valence-corrected chi connectivity index (χ4v) is 30.8. The molecule has 0 saturated carbocycles. The molecule has 0 bridgehead atoms. The van der Waals surface area contributed by atoms with Gasteiger partial charge in [0.2, 0.25) is 8.32 Å². The molecule has 2 aromatic carbocycles. The Balaban J connectivity index is 2.03. The second kappa shape index (κ2) is 18.4. The van der Waals surface area contributed by atoms with Crippen LogP contribution in [-0.4, -0.2) is 100 Å². The van der Waals surface area contributed by atoms with Crippen molar-refractivity contribution in [2.24, 2.45) is 0 Å². The maximum Gasteiger partial charge on any atom is 0.500 e. The van der Waals surface area contributed by atoms with Crippen LogP contribution in [0.3, 0.4) is 0 Å². The highest BCUT2D eigenvalue weighted by Gasteiger charge is 2.50. The van der Waals surface area contributed by atoms with Crippen molar-refractivity contribution < 1.29 is 38.6 Å². The second-order valence-corrected chi connectivity index (χ2v) is 33.4. The van der Waals surface area contributed by atoms with E-state index >= 15 is 0 Å². The van der Waals surface area contributed by atoms with Crippen LogP contribution in [0.4, 0.5) is 0 Å². The molecule has 0 spiro atoms. The number of hydrogen-bond donors (Lipinski definition) is 1. The van der Waals surface area contributed by atoms with E-state index in [0.29, 0.717) is 6.04 Å². The molecular weight excluding hydrogens is 687 g/mol. The van der Waals surface area contributed by atoms with Gasteiger partial charge in [-0.15, -0.1) is 0 Å². The van der Waals surface area contributed by atoms with E-state index in [2.05, 4.69) is 86.6 Å². The van der Waals surface area contributed by atoms with Crippen molar-refractivity contribution in [1.29, 1.82) is 0 Å². The van der Waals surface area contributed by atoms with Crippen LogP contribution in [0, 0.1) is 0 Å². The zero-order valence-corrected chi connectivity index (χ0v) is 36.2. The number of rotatable bonds is 23. The third-order valence-corrected chi connectivity index (χ3v) is 30.3. The lowest BCUT2D eigenvalue weighted by Gasteiger charge is -2.43. The third-order valence-electron chi connectivity index (χ3n) is 7.71. The summed E-state index contributed by atoms with van der Waals surface area (Å²) in [6.07, 6.45) is 1.73. The fraction of sp³-hybridized carbons (Fsp3) is 0.600. The van der Waals surface area contributed by atoms with Gasteiger partial charge in [0.25, 0.3) is 0 Å². The lowest BCUT2D eigenvalue weighted by molar-refractivity contribution is 0.123. The van der Waals surface area contributed by atoms with E-state index in [1.807, 2.05) is 25.2 Å². The van der Waals surface area contributed by atoms with Crippen molar-refractivity contribution in [1.82, 2.24) is 5.32 Å². The first-order valence-electron chi connectivity index (χ1n) is 15.9. The first-order chi connectivity index (χ1) is 21.5. The summed E-state index contributed by atoms with van der Waals surface area (Å²) < 4.78 is 56.0. The molecule has 262 valence electrons. The molecule has 0 aromatic heterocycles. The lowest BCUT2D eigenvalue weighted by atomic mass is 10.4. The molecular formula is C30H59NO9Si6. The van der Waals surface area contributed by atoms with Crippen LogP contribution >= 0.6 is 0 Å². The summed E-state index contributed by atoms with van der Waals surface area (Å²) in [5.74, 6) is 0. The Morgan fingerprint density at radius 2 is 0.804 bits per heavy atom. The molecule has 2 aromatic rings. The summed E-state index contributed by atoms with van der Waals surface area (Å²) in [6, 6.07) is 22.5. The van der Waals surface area contributed by atoms with Crippen molar-refractivity contribution in [2.75, 3.05) is 48.6 Å². The van der Waals surface area contributed by atoms with Gasteiger partial charge in [-0.3, -0.25) is 0 Å². The van der Waals surface area contributed by atoms with E-state index < -0.39 is 51.6 Å². The topological polar surface area (TPSA) is 95.1 Å². The zero-order chi connectivity index (χ0) is 34.5. The average Bonchev–Trinajstić information content (AvgIpc) is 3.01. The highest BCUT2D eigenvalue weighted by Crippen LogP contribution is 2.28. The van der Waals surface area contributed by atoms with Gasteiger partial charge in [-0.2, -0.15) is 0 Å². The minimum atomic E-state index is -2.98. The first-order valence-corrected chi connectivity index (χ1v) is 30.7. The van der Waals surface area contributed by atoms with Gasteiger partial charge in [0, 0.05) is 47.6 Å². The smallest absolute Gasteiger partial charge is 0.429 e. The monoisotopic (exact) mass is 745 g/mol. The summed E-state index contributed by atoms with van der Waals surface area (Å²) in [5.41, 5.74) is 0. The molecule has 0 aliphatic rings. The van der Waals surface area contributed by atoms with E-state index in [9.17, 15) is 0 Å². The van der Waals surface area contributed by atoms with Crippen molar-refractivity contribution in [3.05, 3.63) is 60.7 Å². The predicted octanol–water partition coefficient (Wildman–Crippen LogP) is 5.03. The first kappa shape index (κ1) is 41.5. The molecule has 0 radical (unpaired) electrons. The Morgan fingerprint density at radius 1 is 0.457 bits per heavy atom. The summed E-state index contributed by atoms with van der Waals surface area (Å²) in [6.45, 7) is 16.4. The molecule has 46 heavy (non-hydrogen) atoms. The molecule has 0 unspecified atom stereocenters. The molecule has 0 atom stereocenters. The molecule has 0 aliphatic heterocycles. The maximum atomic E-state index is 7.14. The van der Waals surface area contributed by atoms with Crippen molar-refractivity contribution in [2.45, 2.75) is 70.8 Å². The van der Waals surface area contributed by atoms with Crippen LogP contribution in [0.15, 0.2) is 60.7 Å². The van der Waals surface area contributed by atoms with Crippen molar-refractivity contribution in [3.63, 3.8) is 0 Å². The number of nitrogens with one attached hydrogen (secondary N) is 1. The minimum Gasteiger partial charge on any atom is -0.429 e. The average molecular weight is 746 g/mol. The molecule has 1 N–H and O–H groups in total. The van der Waals surface area contributed by atoms with Crippen LogP contribution in [0.2, 0.25) is 57.9 Å². The van der Waals surface area contributed by atoms with Crippen molar-refractivity contribution >= 4 is 62.0 Å². The summed E-state index contributed by atoms with van der Waals surface area (Å²) in [7, 11) is -7.98. The van der Waals surface area contributed by atoms with Gasteiger partial charge in [-0.25, -0.2) is 0 Å². The molecule has 0 saturated heterocycles. The van der Waals surface area contributed by atoms with Gasteiger partial charge >= 0.3 is 43.3 Å². The van der Waals surface area contributed by atoms with Crippen LogP contribution in [-0.2, 0) is 38.6 Å². The summed E-state index contributed by atoms with van der Waals surface area (Å²) in [4.78, 5) is 0. The standard InChI is InChI=1S/C30H59NO9Si6/c1-32-45(33-2,34-3)27-19-25-31-26-20-28-46(35-4,36-5)40-43(10,11)38-41(6,7)37-42(8,9)39-44(12,29-21-15-13-16-22-29)30-23-17-14-18-24-30/h13-18,21-24,31H,19-20,25-28H2,1-12H3. The zero-order valence-electron chi connectivity index (χ0n) is 30.2. The van der Waals surface area contributed by atoms with E-state index in [1.54, 1.807) is 35.5 Å². The minimum absolute atomic E-state index is 0.671. The van der Waals surface area contributed by atoms with Crippen LogP contribution in [0.1, 0.15) is 12.8 Å². The largest absolute Gasteiger partial charge is 0.500 e. The van der Waals surface area contributed by atoms with E-state index in [-0.39, 0.29) is 0 Å². The molecule has 16 heteroatoms. The Kier molecular flexibility index (Phi) is 16.6. The quantitative estimate of drug-likeness (QED) is 0.123. The van der Waals surface area contributed by atoms with Gasteiger partial charge in [-0.1, -0.05) is 60.7 Å². The van der Waals surface area contributed by atoms with E-state index in [4.69, 9.17) is 38.6 Å². The molecule has 0 heterocycles. The van der Waals surface area contributed by atoms with Gasteiger partial charge < -0.3 is 43.9 Å². The van der Waals surface area contributed by atoms with E-state index in [1.165, 1.54) is 10.4 Å². The number of hydrogen-bond acceptors (Lipinski definition) is 10. The molecule has 10 nitrogen and oxygen atoms in total. The number of benzene rings is 2. The normalized spacial score (nSPS) is 13.7. The van der Waals surface area contributed by atoms with Crippen LogP contribution in [0.25, 0.3) is 0 Å². The van der Waals surface area contributed by atoms with E-state index in [0.717, 1.165) is 32.0 Å². The Hall–Kier alpha value is -0.659. The summed E-state index contributed by atoms with van der Waals surface area (Å²) >= 11 is 0. The van der Waals surface area contributed by atoms with Gasteiger partial charge in [0.1, 0.15) is 0 Å². The third kappa shape index (κ3) is 12.7. The highest BCUT2D eigenvalue weighted by atomic mass is 28.5. The van der Waals surface area contributed by atoms with Gasteiger partial charge in [-0.05, 0) is 82.1 Å². The molecule has 0 aliphatic carbocycles. The van der Waals surface area contributed by atoms with Gasteiger partial charge in [0.05, 0.1) is 0 Å². The maximum absolute atomic E-state index is 7.14. The SMILES string of the molecule is CO[Si](CCCNCCC[Si](OC)(OC)O[Si](C)(C)O[Si](C)(C)O[Si](C)(C)O[Si](C)(c1ccccc1)c1ccccc1)(OC)OC. The molecule has 0 fully saturated rings. The van der Waals surface area contributed by atoms with Gasteiger partial charge in [0.15, 0.2) is 0 Å². The van der Waals surface area contributed by atoms with Crippen molar-refractivity contribution in [3.8, 4) is 0 Å². The highest BCUT2D eigenvalue weighted by molar-refractivity contribution is 7.01.